The molecule has 2 aromatic rings. The molecule has 1 saturated heterocycles. The van der Waals surface area contributed by atoms with Gasteiger partial charge >= 0.3 is 0 Å². The first kappa shape index (κ1) is 21.2. The summed E-state index contributed by atoms with van der Waals surface area (Å²) in [5.74, 6) is 0.198. The highest BCUT2D eigenvalue weighted by molar-refractivity contribution is 5.96. The van der Waals surface area contributed by atoms with Crippen LogP contribution in [0.2, 0.25) is 0 Å². The fourth-order valence-electron chi connectivity index (χ4n) is 3.36. The van der Waals surface area contributed by atoms with Crippen LogP contribution in [0.4, 0.5) is 17.5 Å². The second-order valence-electron chi connectivity index (χ2n) is 7.62. The van der Waals surface area contributed by atoms with E-state index in [1.54, 1.807) is 4.90 Å². The molecule has 1 aliphatic rings. The molecule has 0 spiro atoms. The predicted octanol–water partition coefficient (Wildman–Crippen LogP) is 2.06. The van der Waals surface area contributed by atoms with Crippen LogP contribution in [0.15, 0.2) is 36.9 Å². The summed E-state index contributed by atoms with van der Waals surface area (Å²) in [5, 5.41) is 11.2. The van der Waals surface area contributed by atoms with Gasteiger partial charge < -0.3 is 20.9 Å². The number of nitrogens with two attached hydrogens (primary N) is 1. The molecule has 30 heavy (non-hydrogen) atoms. The lowest BCUT2D eigenvalue weighted by Gasteiger charge is -2.24. The maximum absolute atomic E-state index is 11.8. The van der Waals surface area contributed by atoms with Crippen molar-refractivity contribution >= 4 is 29.3 Å². The first-order chi connectivity index (χ1) is 14.3. The van der Waals surface area contributed by atoms with E-state index in [-0.39, 0.29) is 23.5 Å². The van der Waals surface area contributed by atoms with Crippen LogP contribution in [0, 0.1) is 0 Å². The third kappa shape index (κ3) is 4.56. The normalized spacial score (nSPS) is 15.9. The van der Waals surface area contributed by atoms with Crippen molar-refractivity contribution in [2.24, 2.45) is 5.73 Å². The third-order valence-electron chi connectivity index (χ3n) is 5.26. The summed E-state index contributed by atoms with van der Waals surface area (Å²) in [4.78, 5) is 31.8. The van der Waals surface area contributed by atoms with Crippen molar-refractivity contribution in [2.75, 3.05) is 30.4 Å². The lowest BCUT2D eigenvalue weighted by Crippen LogP contribution is -2.37. The van der Waals surface area contributed by atoms with Crippen molar-refractivity contribution in [3.8, 4) is 0 Å². The van der Waals surface area contributed by atoms with Gasteiger partial charge in [-0.3, -0.25) is 9.59 Å². The number of hydrogen-bond acceptors (Lipinski definition) is 7. The first-order valence-corrected chi connectivity index (χ1v) is 9.85. The van der Waals surface area contributed by atoms with E-state index in [2.05, 4.69) is 40.9 Å². The second-order valence-corrected chi connectivity index (χ2v) is 7.62. The van der Waals surface area contributed by atoms with Crippen molar-refractivity contribution in [3.63, 3.8) is 0 Å². The van der Waals surface area contributed by atoms with Crippen LogP contribution in [0.1, 0.15) is 42.2 Å². The maximum atomic E-state index is 11.8. The van der Waals surface area contributed by atoms with Gasteiger partial charge in [0, 0.05) is 25.8 Å². The van der Waals surface area contributed by atoms with Gasteiger partial charge in [0.1, 0.15) is 0 Å². The Morgan fingerprint density at radius 1 is 1.30 bits per heavy atom. The van der Waals surface area contributed by atoms with Crippen LogP contribution in [-0.2, 0) is 4.79 Å². The molecule has 0 unspecified atom stereocenters. The van der Waals surface area contributed by atoms with Crippen LogP contribution >= 0.6 is 0 Å². The smallest absolute Gasteiger partial charge is 0.273 e. The molecule has 9 heteroatoms. The molecule has 1 atom stereocenters. The third-order valence-corrected chi connectivity index (χ3v) is 5.26. The number of carbonyl (C=O) groups is 2. The zero-order chi connectivity index (χ0) is 21.8. The molecule has 0 bridgehead atoms. The van der Waals surface area contributed by atoms with Crippen LogP contribution in [0.25, 0.3) is 0 Å². The largest absolute Gasteiger partial charge is 0.364 e. The van der Waals surface area contributed by atoms with Crippen molar-refractivity contribution in [1.82, 2.24) is 20.1 Å². The van der Waals surface area contributed by atoms with Gasteiger partial charge in [-0.15, -0.1) is 10.2 Å². The SMILES string of the molecule is C=CC(=O)N1CC[C@@H](N(C)c2nnc(C(N)=O)c(Nc3ccc(C(C)C)cc3)n2)C1. The van der Waals surface area contributed by atoms with E-state index in [0.29, 0.717) is 25.0 Å². The van der Waals surface area contributed by atoms with E-state index in [4.69, 9.17) is 5.73 Å². The summed E-state index contributed by atoms with van der Waals surface area (Å²) in [5.41, 5.74) is 7.40. The van der Waals surface area contributed by atoms with Gasteiger partial charge in [0.25, 0.3) is 5.91 Å². The van der Waals surface area contributed by atoms with E-state index >= 15 is 0 Å². The minimum Gasteiger partial charge on any atom is -0.364 e. The molecule has 2 amide bonds. The molecule has 3 N–H and O–H groups in total. The zero-order valence-electron chi connectivity index (χ0n) is 17.5. The van der Waals surface area contributed by atoms with Crippen LogP contribution in [0.5, 0.6) is 0 Å². The monoisotopic (exact) mass is 409 g/mol. The molecule has 9 nitrogen and oxygen atoms in total. The molecule has 1 aliphatic heterocycles. The number of primary amides is 1. The molecule has 1 aromatic heterocycles. The number of rotatable bonds is 7. The van der Waals surface area contributed by atoms with Gasteiger partial charge in [0.15, 0.2) is 11.5 Å². The van der Waals surface area contributed by atoms with Crippen molar-refractivity contribution in [1.29, 1.82) is 0 Å². The van der Waals surface area contributed by atoms with Gasteiger partial charge in [0.05, 0.1) is 6.04 Å². The number of carbonyl (C=O) groups excluding carboxylic acids is 2. The van der Waals surface area contributed by atoms with Gasteiger partial charge in [0.2, 0.25) is 11.9 Å². The minimum atomic E-state index is -0.714. The molecule has 1 aromatic carbocycles. The topological polar surface area (TPSA) is 117 Å². The fraction of sp³-hybridized carbons (Fsp3) is 0.381. The number of amides is 2. The Bertz CT molecular complexity index is 943. The lowest BCUT2D eigenvalue weighted by atomic mass is 10.0. The average molecular weight is 409 g/mol. The van der Waals surface area contributed by atoms with Gasteiger partial charge in [-0.2, -0.15) is 4.98 Å². The number of aromatic nitrogens is 3. The molecule has 3 rings (SSSR count). The van der Waals surface area contributed by atoms with Gasteiger partial charge in [-0.05, 0) is 36.1 Å². The van der Waals surface area contributed by atoms with Crippen LogP contribution in [0.3, 0.4) is 0 Å². The van der Waals surface area contributed by atoms with Crippen molar-refractivity contribution < 1.29 is 9.59 Å². The number of hydrogen-bond donors (Lipinski definition) is 2. The van der Waals surface area contributed by atoms with E-state index in [1.807, 2.05) is 36.2 Å². The van der Waals surface area contributed by atoms with E-state index in [9.17, 15) is 9.59 Å². The van der Waals surface area contributed by atoms with Crippen molar-refractivity contribution in [2.45, 2.75) is 32.2 Å². The Kier molecular flexibility index (Phi) is 6.29. The summed E-state index contributed by atoms with van der Waals surface area (Å²) in [6, 6.07) is 7.90. The van der Waals surface area contributed by atoms with Crippen molar-refractivity contribution in [3.05, 3.63) is 48.2 Å². The molecule has 0 aliphatic carbocycles. The van der Waals surface area contributed by atoms with Crippen LogP contribution in [-0.4, -0.2) is 58.1 Å². The number of nitrogens with one attached hydrogen (secondary N) is 1. The molecule has 1 fully saturated rings. The minimum absolute atomic E-state index is 0.0324. The second kappa shape index (κ2) is 8.89. The highest BCUT2D eigenvalue weighted by atomic mass is 16.2. The van der Waals surface area contributed by atoms with Crippen LogP contribution < -0.4 is 16.0 Å². The standard InChI is InChI=1S/C21H27N7O2/c1-5-17(29)28-11-10-16(12-28)27(4)21-24-20(18(19(22)30)25-26-21)23-15-8-6-14(7-9-15)13(2)3/h5-9,13,16H,1,10-12H2,2-4H3,(H2,22,30)(H,23,24,26)/t16-/m1/s1. The molecule has 2 heterocycles. The Morgan fingerprint density at radius 3 is 2.60 bits per heavy atom. The first-order valence-electron chi connectivity index (χ1n) is 9.85. The molecule has 0 radical (unpaired) electrons. The quantitative estimate of drug-likeness (QED) is 0.672. The van der Waals surface area contributed by atoms with Gasteiger partial charge in [-0.25, -0.2) is 0 Å². The summed E-state index contributed by atoms with van der Waals surface area (Å²) in [6.45, 7) is 8.96. The number of nitrogens with zero attached hydrogens (tertiary/aromatic N) is 5. The number of anilines is 3. The van der Waals surface area contributed by atoms with E-state index in [1.165, 1.54) is 11.6 Å². The lowest BCUT2D eigenvalue weighted by molar-refractivity contribution is -0.125. The number of likely N-dealkylation sites (N-methyl/N-ethyl adjacent to an activating group) is 1. The highest BCUT2D eigenvalue weighted by Gasteiger charge is 2.29. The summed E-state index contributed by atoms with van der Waals surface area (Å²) in [7, 11) is 1.84. The maximum Gasteiger partial charge on any atom is 0.273 e. The molecular weight excluding hydrogens is 382 g/mol. The number of benzene rings is 1. The fourth-order valence-corrected chi connectivity index (χ4v) is 3.36. The van der Waals surface area contributed by atoms with E-state index < -0.39 is 5.91 Å². The predicted molar refractivity (Wildman–Crippen MR) is 116 cm³/mol. The van der Waals surface area contributed by atoms with Gasteiger partial charge in [-0.1, -0.05) is 32.6 Å². The Morgan fingerprint density at radius 2 is 2.00 bits per heavy atom. The molecular formula is C21H27N7O2. The Labute approximate surface area is 176 Å². The highest BCUT2D eigenvalue weighted by Crippen LogP contribution is 2.24. The summed E-state index contributed by atoms with van der Waals surface area (Å²) < 4.78 is 0. The Hall–Kier alpha value is -3.49. The molecule has 0 saturated carbocycles. The zero-order valence-corrected chi connectivity index (χ0v) is 17.5. The summed E-state index contributed by atoms with van der Waals surface area (Å²) >= 11 is 0. The summed E-state index contributed by atoms with van der Waals surface area (Å²) in [6.07, 6.45) is 2.09. The average Bonchev–Trinajstić information content (AvgIpc) is 3.23. The Balaban J connectivity index is 1.83. The van der Waals surface area contributed by atoms with E-state index in [0.717, 1.165) is 12.1 Å². The molecule has 158 valence electrons. The number of likely N-dealkylation sites (tertiary alicyclic amines) is 1.